The number of benzene rings is 2. The van der Waals surface area contributed by atoms with Gasteiger partial charge in [0.1, 0.15) is 5.75 Å². The Kier molecular flexibility index (Phi) is 6.95. The summed E-state index contributed by atoms with van der Waals surface area (Å²) in [5.74, 6) is -0.193. The van der Waals surface area contributed by atoms with E-state index < -0.39 is 16.1 Å². The number of carbonyl (C=O) groups excluding carboxylic acids is 2. The van der Waals surface area contributed by atoms with Gasteiger partial charge in [-0.3, -0.25) is 9.59 Å². The zero-order valence-electron chi connectivity index (χ0n) is 19.8. The molecule has 9 heteroatoms. The fourth-order valence-electron chi connectivity index (χ4n) is 4.44. The summed E-state index contributed by atoms with van der Waals surface area (Å²) in [6.07, 6.45) is 1.64. The maximum Gasteiger partial charge on any atom is 0.265 e. The molecule has 2 aliphatic rings. The first kappa shape index (κ1) is 24.2. The molecule has 1 atom stereocenters. The summed E-state index contributed by atoms with van der Waals surface area (Å²) in [7, 11) is -3.77. The van der Waals surface area contributed by atoms with E-state index in [1.165, 1.54) is 10.4 Å². The number of aryl methyl sites for hydroxylation is 2. The first-order valence-electron chi connectivity index (χ1n) is 11.7. The lowest BCUT2D eigenvalue weighted by atomic mass is 9.97. The van der Waals surface area contributed by atoms with Crippen LogP contribution < -0.4 is 15.4 Å². The number of piperidine rings is 1. The third-order valence-corrected chi connectivity index (χ3v) is 8.55. The van der Waals surface area contributed by atoms with Crippen molar-refractivity contribution < 1.29 is 22.7 Å². The van der Waals surface area contributed by atoms with Crippen LogP contribution >= 0.6 is 0 Å². The first-order valence-corrected chi connectivity index (χ1v) is 13.2. The fraction of sp³-hybridized carbons (Fsp3) is 0.440. The summed E-state index contributed by atoms with van der Waals surface area (Å²) in [5.41, 5.74) is 2.93. The number of ether oxygens (including phenoxy) is 1. The van der Waals surface area contributed by atoms with E-state index in [-0.39, 0.29) is 35.7 Å². The van der Waals surface area contributed by atoms with Crippen molar-refractivity contribution in [1.29, 1.82) is 0 Å². The quantitative estimate of drug-likeness (QED) is 0.649. The molecular weight excluding hydrogens is 454 g/mol. The second-order valence-electron chi connectivity index (χ2n) is 8.84. The summed E-state index contributed by atoms with van der Waals surface area (Å²) in [5, 5.41) is 5.76. The maximum atomic E-state index is 13.4. The van der Waals surface area contributed by atoms with Gasteiger partial charge in [0, 0.05) is 30.8 Å². The third-order valence-electron chi connectivity index (χ3n) is 6.51. The molecule has 8 nitrogen and oxygen atoms in total. The van der Waals surface area contributed by atoms with Crippen LogP contribution in [0, 0.1) is 12.8 Å². The minimum atomic E-state index is -3.77. The highest BCUT2D eigenvalue weighted by molar-refractivity contribution is 7.89. The number of rotatable bonds is 6. The van der Waals surface area contributed by atoms with Gasteiger partial charge in [-0.15, -0.1) is 0 Å². The molecule has 1 fully saturated rings. The van der Waals surface area contributed by atoms with Crippen molar-refractivity contribution in [1.82, 2.24) is 4.31 Å². The summed E-state index contributed by atoms with van der Waals surface area (Å²) < 4.78 is 34.0. The van der Waals surface area contributed by atoms with Crippen molar-refractivity contribution >= 4 is 33.2 Å². The van der Waals surface area contributed by atoms with Crippen LogP contribution in [0.4, 0.5) is 11.4 Å². The Morgan fingerprint density at radius 3 is 2.59 bits per heavy atom. The number of amides is 2. The van der Waals surface area contributed by atoms with Crippen LogP contribution in [-0.4, -0.2) is 43.7 Å². The van der Waals surface area contributed by atoms with Crippen molar-refractivity contribution in [3.05, 3.63) is 47.5 Å². The molecule has 0 radical (unpaired) electrons. The van der Waals surface area contributed by atoms with Gasteiger partial charge in [0.05, 0.1) is 10.6 Å². The highest BCUT2D eigenvalue weighted by Gasteiger charge is 2.35. The van der Waals surface area contributed by atoms with Crippen LogP contribution in [0.1, 0.15) is 44.2 Å². The van der Waals surface area contributed by atoms with Crippen LogP contribution in [0.2, 0.25) is 0 Å². The van der Waals surface area contributed by atoms with E-state index in [0.717, 1.165) is 17.7 Å². The number of hydrogen-bond acceptors (Lipinski definition) is 5. The second kappa shape index (κ2) is 9.76. The number of nitrogens with one attached hydrogen (secondary N) is 2. The third kappa shape index (κ3) is 4.81. The smallest absolute Gasteiger partial charge is 0.265 e. The van der Waals surface area contributed by atoms with Gasteiger partial charge in [0.2, 0.25) is 15.9 Å². The van der Waals surface area contributed by atoms with E-state index in [2.05, 4.69) is 17.6 Å². The Balaban J connectivity index is 1.45. The lowest BCUT2D eigenvalue weighted by Crippen LogP contribution is -2.41. The summed E-state index contributed by atoms with van der Waals surface area (Å²) in [6.45, 7) is 6.13. The van der Waals surface area contributed by atoms with Gasteiger partial charge in [0.15, 0.2) is 6.10 Å². The van der Waals surface area contributed by atoms with Crippen molar-refractivity contribution in [3.8, 4) is 5.75 Å². The van der Waals surface area contributed by atoms with Gasteiger partial charge in [-0.2, -0.15) is 4.31 Å². The van der Waals surface area contributed by atoms with Gasteiger partial charge < -0.3 is 15.4 Å². The molecule has 1 saturated heterocycles. The molecule has 0 aromatic heterocycles. The SMILES string of the molecule is CCc1cccc(NC(=O)C2CCN(S(=O)(=O)c3cc4c(cc3C)NC(=O)[C@H](CC)O4)CC2)c1. The average molecular weight is 486 g/mol. The molecule has 2 aromatic carbocycles. The van der Waals surface area contributed by atoms with Gasteiger partial charge in [-0.1, -0.05) is 26.0 Å². The molecule has 2 aliphatic heterocycles. The molecule has 2 heterocycles. The van der Waals surface area contributed by atoms with E-state index in [4.69, 9.17) is 4.74 Å². The van der Waals surface area contributed by atoms with E-state index in [1.807, 2.05) is 31.2 Å². The molecule has 0 spiro atoms. The van der Waals surface area contributed by atoms with Crippen molar-refractivity contribution in [2.75, 3.05) is 23.7 Å². The molecule has 2 N–H and O–H groups in total. The van der Waals surface area contributed by atoms with Crippen LogP contribution in [-0.2, 0) is 26.0 Å². The summed E-state index contributed by atoms with van der Waals surface area (Å²) >= 11 is 0. The fourth-order valence-corrected chi connectivity index (χ4v) is 6.13. The molecule has 0 saturated carbocycles. The van der Waals surface area contributed by atoms with Gasteiger partial charge in [-0.05, 0) is 61.9 Å². The molecule has 4 rings (SSSR count). The van der Waals surface area contributed by atoms with Crippen molar-refractivity contribution in [2.24, 2.45) is 5.92 Å². The van der Waals surface area contributed by atoms with Crippen LogP contribution in [0.3, 0.4) is 0 Å². The van der Waals surface area contributed by atoms with E-state index in [9.17, 15) is 18.0 Å². The molecule has 0 bridgehead atoms. The normalized spacial score (nSPS) is 19.1. The van der Waals surface area contributed by atoms with E-state index in [0.29, 0.717) is 36.3 Å². The Bertz CT molecular complexity index is 1200. The lowest BCUT2D eigenvalue weighted by Gasteiger charge is -2.32. The Labute approximate surface area is 200 Å². The van der Waals surface area contributed by atoms with E-state index in [1.54, 1.807) is 13.0 Å². The Morgan fingerprint density at radius 1 is 1.18 bits per heavy atom. The van der Waals surface area contributed by atoms with Gasteiger partial charge in [-0.25, -0.2) is 8.42 Å². The van der Waals surface area contributed by atoms with Gasteiger partial charge in [0.25, 0.3) is 5.91 Å². The molecule has 0 aliphatic carbocycles. The minimum Gasteiger partial charge on any atom is -0.478 e. The largest absolute Gasteiger partial charge is 0.478 e. The highest BCUT2D eigenvalue weighted by Crippen LogP contribution is 2.36. The predicted octanol–water partition coefficient (Wildman–Crippen LogP) is 3.71. The summed E-state index contributed by atoms with van der Waals surface area (Å²) in [6, 6.07) is 10.9. The first-order chi connectivity index (χ1) is 16.2. The average Bonchev–Trinajstić information content (AvgIpc) is 2.83. The number of nitrogens with zero attached hydrogens (tertiary/aromatic N) is 1. The van der Waals surface area contributed by atoms with Crippen LogP contribution in [0.15, 0.2) is 41.3 Å². The lowest BCUT2D eigenvalue weighted by molar-refractivity contribution is -0.123. The molecule has 2 aromatic rings. The molecule has 0 unspecified atom stereocenters. The van der Waals surface area contributed by atoms with Gasteiger partial charge >= 0.3 is 0 Å². The second-order valence-corrected chi connectivity index (χ2v) is 10.7. The molecular formula is C25H31N3O5S. The standard InChI is InChI=1S/C25H31N3O5S/c1-4-17-7-6-8-19(14-17)26-24(29)18-9-11-28(12-10-18)34(31,32)23-15-22-20(13-16(23)3)27-25(30)21(5-2)33-22/h6-8,13-15,18,21H,4-5,9-12H2,1-3H3,(H,26,29)(H,27,30)/t21-/m0/s1. The highest BCUT2D eigenvalue weighted by atomic mass is 32.2. The molecule has 34 heavy (non-hydrogen) atoms. The zero-order valence-corrected chi connectivity index (χ0v) is 20.6. The van der Waals surface area contributed by atoms with Crippen molar-refractivity contribution in [2.45, 2.75) is 57.5 Å². The topological polar surface area (TPSA) is 105 Å². The Morgan fingerprint density at radius 2 is 1.91 bits per heavy atom. The van der Waals surface area contributed by atoms with Crippen molar-refractivity contribution in [3.63, 3.8) is 0 Å². The predicted molar refractivity (Wildman–Crippen MR) is 130 cm³/mol. The minimum absolute atomic E-state index is 0.0787. The number of hydrogen-bond donors (Lipinski definition) is 2. The maximum absolute atomic E-state index is 13.4. The zero-order chi connectivity index (χ0) is 24.5. The Hall–Kier alpha value is -2.91. The number of anilines is 2. The van der Waals surface area contributed by atoms with Crippen LogP contribution in [0.25, 0.3) is 0 Å². The number of carbonyl (C=O) groups is 2. The molecule has 2 amide bonds. The van der Waals surface area contributed by atoms with Crippen LogP contribution in [0.5, 0.6) is 5.75 Å². The van der Waals surface area contributed by atoms with E-state index >= 15 is 0 Å². The molecule has 182 valence electrons. The number of sulfonamides is 1. The monoisotopic (exact) mass is 485 g/mol. The number of fused-ring (bicyclic) bond motifs is 1. The summed E-state index contributed by atoms with van der Waals surface area (Å²) in [4.78, 5) is 25.0.